The highest BCUT2D eigenvalue weighted by Gasteiger charge is 2.34. The average Bonchev–Trinajstić information content (AvgIpc) is 2.74. The molecule has 0 saturated carbocycles. The molecule has 2 unspecified atom stereocenters. The van der Waals surface area contributed by atoms with E-state index in [0.717, 1.165) is 38.5 Å². The van der Waals surface area contributed by atoms with Crippen LogP contribution in [-0.4, -0.2) is 57.0 Å². The fourth-order valence-corrected chi connectivity index (χ4v) is 4.45. The molecule has 2 heterocycles. The lowest BCUT2D eigenvalue weighted by atomic mass is 9.92. The Morgan fingerprint density at radius 2 is 2.12 bits per heavy atom. The summed E-state index contributed by atoms with van der Waals surface area (Å²) in [7, 11) is -2.82. The Bertz CT molecular complexity index is 342. The van der Waals surface area contributed by atoms with Crippen molar-refractivity contribution in [1.29, 1.82) is 0 Å². The lowest BCUT2D eigenvalue weighted by molar-refractivity contribution is 0.133. The zero-order valence-electron chi connectivity index (χ0n) is 10.7. The smallest absolute Gasteiger partial charge is 0.151 e. The molecule has 2 rings (SSSR count). The van der Waals surface area contributed by atoms with E-state index < -0.39 is 9.84 Å². The summed E-state index contributed by atoms with van der Waals surface area (Å²) in [4.78, 5) is 2.39. The molecule has 0 aromatic rings. The van der Waals surface area contributed by atoms with Gasteiger partial charge in [-0.05, 0) is 38.3 Å². The number of hydrogen-bond donors (Lipinski definition) is 1. The van der Waals surface area contributed by atoms with E-state index in [9.17, 15) is 8.42 Å². The first kappa shape index (κ1) is 13.3. The van der Waals surface area contributed by atoms with Crippen LogP contribution in [0, 0.1) is 5.92 Å². The SMILES string of the molecule is CCCS(=O)(=O)CCN1CCCC2CNCC21. The predicted molar refractivity (Wildman–Crippen MR) is 69.9 cm³/mol. The molecule has 0 aromatic heterocycles. The minimum Gasteiger partial charge on any atom is -0.315 e. The molecule has 17 heavy (non-hydrogen) atoms. The molecule has 1 N–H and O–H groups in total. The van der Waals surface area contributed by atoms with Gasteiger partial charge in [0.15, 0.2) is 9.84 Å². The number of hydrogen-bond acceptors (Lipinski definition) is 4. The largest absolute Gasteiger partial charge is 0.315 e. The van der Waals surface area contributed by atoms with Crippen molar-refractivity contribution in [3.8, 4) is 0 Å². The molecule has 2 saturated heterocycles. The van der Waals surface area contributed by atoms with Gasteiger partial charge in [0.2, 0.25) is 0 Å². The van der Waals surface area contributed by atoms with Gasteiger partial charge in [-0.3, -0.25) is 4.90 Å². The van der Waals surface area contributed by atoms with Gasteiger partial charge in [-0.25, -0.2) is 8.42 Å². The van der Waals surface area contributed by atoms with Crippen molar-refractivity contribution >= 4 is 9.84 Å². The minimum atomic E-state index is -2.82. The van der Waals surface area contributed by atoms with Gasteiger partial charge in [0.1, 0.15) is 0 Å². The fourth-order valence-electron chi connectivity index (χ4n) is 3.11. The summed E-state index contributed by atoms with van der Waals surface area (Å²) in [6.07, 6.45) is 3.25. The molecule has 0 aromatic carbocycles. The van der Waals surface area contributed by atoms with Crippen molar-refractivity contribution in [2.24, 2.45) is 5.92 Å². The first-order valence-corrected chi connectivity index (χ1v) is 8.59. The predicted octanol–water partition coefficient (Wildman–Crippen LogP) is 0.495. The second kappa shape index (κ2) is 5.67. The molecule has 5 heteroatoms. The zero-order valence-corrected chi connectivity index (χ0v) is 11.5. The van der Waals surface area contributed by atoms with Crippen molar-refractivity contribution in [2.75, 3.05) is 37.7 Å². The third-order valence-electron chi connectivity index (χ3n) is 4.00. The molecule has 2 fully saturated rings. The van der Waals surface area contributed by atoms with E-state index in [-0.39, 0.29) is 0 Å². The van der Waals surface area contributed by atoms with Gasteiger partial charge < -0.3 is 5.32 Å². The van der Waals surface area contributed by atoms with E-state index in [2.05, 4.69) is 10.2 Å². The number of nitrogens with one attached hydrogen (secondary N) is 1. The van der Waals surface area contributed by atoms with E-state index in [1.165, 1.54) is 12.8 Å². The second-order valence-corrected chi connectivity index (χ2v) is 7.62. The maximum atomic E-state index is 11.7. The summed E-state index contributed by atoms with van der Waals surface area (Å²) >= 11 is 0. The number of rotatable bonds is 5. The van der Waals surface area contributed by atoms with Crippen LogP contribution in [0.5, 0.6) is 0 Å². The number of likely N-dealkylation sites (tertiary alicyclic amines) is 1. The summed E-state index contributed by atoms with van der Waals surface area (Å²) in [6.45, 7) is 5.88. The van der Waals surface area contributed by atoms with E-state index in [1.54, 1.807) is 0 Å². The Morgan fingerprint density at radius 1 is 1.29 bits per heavy atom. The van der Waals surface area contributed by atoms with Gasteiger partial charge >= 0.3 is 0 Å². The van der Waals surface area contributed by atoms with E-state index >= 15 is 0 Å². The van der Waals surface area contributed by atoms with Crippen LogP contribution >= 0.6 is 0 Å². The number of nitrogens with zero attached hydrogens (tertiary/aromatic N) is 1. The second-order valence-electron chi connectivity index (χ2n) is 5.32. The van der Waals surface area contributed by atoms with Gasteiger partial charge in [0, 0.05) is 24.9 Å². The van der Waals surface area contributed by atoms with Gasteiger partial charge in [-0.2, -0.15) is 0 Å². The molecule has 2 aliphatic heterocycles. The summed E-state index contributed by atoms with van der Waals surface area (Å²) < 4.78 is 23.4. The highest BCUT2D eigenvalue weighted by molar-refractivity contribution is 7.91. The first-order chi connectivity index (χ1) is 8.12. The summed E-state index contributed by atoms with van der Waals surface area (Å²) in [6, 6.07) is 0.584. The third kappa shape index (κ3) is 3.42. The highest BCUT2D eigenvalue weighted by atomic mass is 32.2. The van der Waals surface area contributed by atoms with Crippen molar-refractivity contribution in [2.45, 2.75) is 32.2 Å². The topological polar surface area (TPSA) is 49.4 Å². The van der Waals surface area contributed by atoms with Crippen LogP contribution < -0.4 is 5.32 Å². The monoisotopic (exact) mass is 260 g/mol. The van der Waals surface area contributed by atoms with Crippen LogP contribution in [0.4, 0.5) is 0 Å². The highest BCUT2D eigenvalue weighted by Crippen LogP contribution is 2.26. The molecule has 0 bridgehead atoms. The Labute approximate surface area is 105 Å². The molecule has 2 atom stereocenters. The van der Waals surface area contributed by atoms with Gasteiger partial charge in [-0.1, -0.05) is 6.92 Å². The summed E-state index contributed by atoms with van der Waals surface area (Å²) in [5, 5.41) is 3.43. The number of piperidine rings is 1. The van der Waals surface area contributed by atoms with Crippen LogP contribution in [0.3, 0.4) is 0 Å². The Morgan fingerprint density at radius 3 is 2.88 bits per heavy atom. The molecule has 0 radical (unpaired) electrons. The molecular formula is C12H24N2O2S. The molecular weight excluding hydrogens is 236 g/mol. The van der Waals surface area contributed by atoms with Crippen molar-refractivity contribution < 1.29 is 8.42 Å². The lowest BCUT2D eigenvalue weighted by Crippen LogP contribution is -2.46. The summed E-state index contributed by atoms with van der Waals surface area (Å²) in [5.41, 5.74) is 0. The Hall–Kier alpha value is -0.130. The number of sulfone groups is 1. The fraction of sp³-hybridized carbons (Fsp3) is 1.00. The standard InChI is InChI=1S/C12H24N2O2S/c1-2-7-17(15,16)8-6-14-5-3-4-11-9-13-10-12(11)14/h11-13H,2-10H2,1H3. The maximum Gasteiger partial charge on any atom is 0.151 e. The molecule has 0 amide bonds. The van der Waals surface area contributed by atoms with Crippen molar-refractivity contribution in [3.63, 3.8) is 0 Å². The van der Waals surface area contributed by atoms with Crippen LogP contribution in [-0.2, 0) is 9.84 Å². The maximum absolute atomic E-state index is 11.7. The van der Waals surface area contributed by atoms with E-state index in [0.29, 0.717) is 17.5 Å². The van der Waals surface area contributed by atoms with Crippen molar-refractivity contribution in [3.05, 3.63) is 0 Å². The number of fused-ring (bicyclic) bond motifs is 1. The molecule has 100 valence electrons. The lowest BCUT2D eigenvalue weighted by Gasteiger charge is -2.36. The quantitative estimate of drug-likeness (QED) is 0.782. The van der Waals surface area contributed by atoms with E-state index in [4.69, 9.17) is 0 Å². The molecule has 0 aliphatic carbocycles. The molecule has 2 aliphatic rings. The minimum absolute atomic E-state index is 0.337. The van der Waals surface area contributed by atoms with Gasteiger partial charge in [0.05, 0.1) is 5.75 Å². The normalized spacial score (nSPS) is 30.4. The third-order valence-corrected chi connectivity index (χ3v) is 5.83. The molecule has 4 nitrogen and oxygen atoms in total. The Kier molecular flexibility index (Phi) is 4.44. The Balaban J connectivity index is 1.86. The zero-order chi connectivity index (χ0) is 12.3. The van der Waals surface area contributed by atoms with E-state index in [1.807, 2.05) is 6.92 Å². The summed E-state index contributed by atoms with van der Waals surface area (Å²) in [5.74, 6) is 1.43. The first-order valence-electron chi connectivity index (χ1n) is 6.77. The molecule has 0 spiro atoms. The van der Waals surface area contributed by atoms with Gasteiger partial charge in [-0.15, -0.1) is 0 Å². The average molecular weight is 260 g/mol. The van der Waals surface area contributed by atoms with Crippen molar-refractivity contribution in [1.82, 2.24) is 10.2 Å². The van der Waals surface area contributed by atoms with Crippen LogP contribution in [0.2, 0.25) is 0 Å². The van der Waals surface area contributed by atoms with Gasteiger partial charge in [0.25, 0.3) is 0 Å². The van der Waals surface area contributed by atoms with Crippen LogP contribution in [0.1, 0.15) is 26.2 Å². The van der Waals surface area contributed by atoms with Crippen LogP contribution in [0.25, 0.3) is 0 Å². The van der Waals surface area contributed by atoms with Crippen LogP contribution in [0.15, 0.2) is 0 Å².